The van der Waals surface area contributed by atoms with Gasteiger partial charge in [-0.1, -0.05) is 0 Å². The molecule has 0 atom stereocenters. The number of hydrogen-bond donors (Lipinski definition) is 0. The van der Waals surface area contributed by atoms with Crippen molar-refractivity contribution in [1.29, 1.82) is 5.26 Å². The van der Waals surface area contributed by atoms with E-state index in [1.807, 2.05) is 31.3 Å². The molecule has 0 spiro atoms. The number of rotatable bonds is 2. The summed E-state index contributed by atoms with van der Waals surface area (Å²) >= 11 is 0. The van der Waals surface area contributed by atoms with Crippen molar-refractivity contribution in [2.75, 3.05) is 7.11 Å². The fourth-order valence-electron chi connectivity index (χ4n) is 2.43. The van der Waals surface area contributed by atoms with Crippen LogP contribution >= 0.6 is 0 Å². The SMILES string of the molecule is COc1ccncc1-c1cc2cc(C#N)ccc2n1C. The molecule has 0 aliphatic rings. The standard InChI is InChI=1S/C16H13N3O/c1-19-14-4-3-11(9-17)7-12(14)8-15(19)13-10-18-6-5-16(13)20-2/h3-8,10H,1-2H3. The molecule has 0 bridgehead atoms. The Balaban J connectivity index is 2.27. The van der Waals surface area contributed by atoms with E-state index < -0.39 is 0 Å². The van der Waals surface area contributed by atoms with Gasteiger partial charge in [0, 0.05) is 30.3 Å². The highest BCUT2D eigenvalue weighted by atomic mass is 16.5. The first kappa shape index (κ1) is 12.2. The van der Waals surface area contributed by atoms with E-state index in [1.165, 1.54) is 0 Å². The molecule has 4 heteroatoms. The molecular weight excluding hydrogens is 250 g/mol. The third-order valence-electron chi connectivity index (χ3n) is 3.45. The molecule has 3 rings (SSSR count). The smallest absolute Gasteiger partial charge is 0.131 e. The van der Waals surface area contributed by atoms with Gasteiger partial charge in [0.15, 0.2) is 0 Å². The second-order valence-corrected chi connectivity index (χ2v) is 4.55. The zero-order valence-electron chi connectivity index (χ0n) is 11.3. The van der Waals surface area contributed by atoms with Gasteiger partial charge in [-0.3, -0.25) is 4.98 Å². The maximum Gasteiger partial charge on any atom is 0.131 e. The molecule has 1 aromatic carbocycles. The van der Waals surface area contributed by atoms with Crippen LogP contribution in [0.1, 0.15) is 5.56 Å². The van der Waals surface area contributed by atoms with Crippen molar-refractivity contribution in [1.82, 2.24) is 9.55 Å². The predicted octanol–water partition coefficient (Wildman–Crippen LogP) is 3.12. The Bertz CT molecular complexity index is 827. The number of benzene rings is 1. The normalized spacial score (nSPS) is 10.4. The fourth-order valence-corrected chi connectivity index (χ4v) is 2.43. The van der Waals surface area contributed by atoms with Gasteiger partial charge in [0.2, 0.25) is 0 Å². The Morgan fingerprint density at radius 1 is 1.25 bits per heavy atom. The van der Waals surface area contributed by atoms with Gasteiger partial charge in [-0.25, -0.2) is 0 Å². The largest absolute Gasteiger partial charge is 0.496 e. The molecule has 0 amide bonds. The molecule has 0 aliphatic carbocycles. The maximum atomic E-state index is 8.99. The highest BCUT2D eigenvalue weighted by Crippen LogP contribution is 2.32. The Hall–Kier alpha value is -2.80. The van der Waals surface area contributed by atoms with Crippen molar-refractivity contribution in [2.24, 2.45) is 7.05 Å². The van der Waals surface area contributed by atoms with Crippen LogP contribution in [0.3, 0.4) is 0 Å². The van der Waals surface area contributed by atoms with E-state index in [4.69, 9.17) is 10.00 Å². The monoisotopic (exact) mass is 263 g/mol. The molecule has 0 radical (unpaired) electrons. The van der Waals surface area contributed by atoms with Crippen LogP contribution in [0.5, 0.6) is 5.75 Å². The second-order valence-electron chi connectivity index (χ2n) is 4.55. The molecule has 0 fully saturated rings. The average molecular weight is 263 g/mol. The van der Waals surface area contributed by atoms with E-state index in [0.29, 0.717) is 5.56 Å². The summed E-state index contributed by atoms with van der Waals surface area (Å²) in [6, 6.07) is 11.7. The number of pyridine rings is 1. The predicted molar refractivity (Wildman–Crippen MR) is 77.4 cm³/mol. The number of fused-ring (bicyclic) bond motifs is 1. The average Bonchev–Trinajstić information content (AvgIpc) is 2.83. The number of ether oxygens (including phenoxy) is 1. The molecule has 0 N–H and O–H groups in total. The lowest BCUT2D eigenvalue weighted by molar-refractivity contribution is 0.415. The van der Waals surface area contributed by atoms with Crippen LogP contribution in [0.4, 0.5) is 0 Å². The first-order valence-corrected chi connectivity index (χ1v) is 6.22. The topological polar surface area (TPSA) is 50.8 Å². The van der Waals surface area contributed by atoms with Crippen molar-refractivity contribution < 1.29 is 4.74 Å². The summed E-state index contributed by atoms with van der Waals surface area (Å²) in [6.07, 6.45) is 3.50. The quantitative estimate of drug-likeness (QED) is 0.713. The Labute approximate surface area is 116 Å². The molecular formula is C16H13N3O. The van der Waals surface area contributed by atoms with Crippen molar-refractivity contribution in [3.63, 3.8) is 0 Å². The Morgan fingerprint density at radius 3 is 2.85 bits per heavy atom. The van der Waals surface area contributed by atoms with E-state index >= 15 is 0 Å². The van der Waals surface area contributed by atoms with Crippen molar-refractivity contribution >= 4 is 10.9 Å². The van der Waals surface area contributed by atoms with Crippen LogP contribution in [-0.4, -0.2) is 16.7 Å². The molecule has 2 heterocycles. The van der Waals surface area contributed by atoms with Gasteiger partial charge in [0.1, 0.15) is 5.75 Å². The number of nitriles is 1. The zero-order valence-corrected chi connectivity index (χ0v) is 11.3. The van der Waals surface area contributed by atoms with Gasteiger partial charge in [0.25, 0.3) is 0 Å². The van der Waals surface area contributed by atoms with Crippen molar-refractivity contribution in [2.45, 2.75) is 0 Å². The van der Waals surface area contributed by atoms with Crippen LogP contribution in [0, 0.1) is 11.3 Å². The van der Waals surface area contributed by atoms with Gasteiger partial charge >= 0.3 is 0 Å². The van der Waals surface area contributed by atoms with E-state index in [-0.39, 0.29) is 0 Å². The maximum absolute atomic E-state index is 8.99. The number of hydrogen-bond acceptors (Lipinski definition) is 3. The summed E-state index contributed by atoms with van der Waals surface area (Å²) in [6.45, 7) is 0. The molecule has 0 saturated carbocycles. The summed E-state index contributed by atoms with van der Waals surface area (Å²) in [5.74, 6) is 0.784. The van der Waals surface area contributed by atoms with E-state index in [9.17, 15) is 0 Å². The minimum absolute atomic E-state index is 0.660. The van der Waals surface area contributed by atoms with Crippen LogP contribution in [0.25, 0.3) is 22.2 Å². The van der Waals surface area contributed by atoms with Crippen LogP contribution in [0.15, 0.2) is 42.7 Å². The van der Waals surface area contributed by atoms with Crippen molar-refractivity contribution in [3.05, 3.63) is 48.3 Å². The molecule has 98 valence electrons. The third-order valence-corrected chi connectivity index (χ3v) is 3.45. The van der Waals surface area contributed by atoms with E-state index in [2.05, 4.69) is 21.7 Å². The number of nitrogens with zero attached hydrogens (tertiary/aromatic N) is 3. The molecule has 0 unspecified atom stereocenters. The van der Waals surface area contributed by atoms with Crippen LogP contribution < -0.4 is 4.74 Å². The molecule has 0 saturated heterocycles. The summed E-state index contributed by atoms with van der Waals surface area (Å²) < 4.78 is 7.47. The summed E-state index contributed by atoms with van der Waals surface area (Å²) in [5, 5.41) is 10.0. The lowest BCUT2D eigenvalue weighted by Crippen LogP contribution is -1.94. The molecule has 4 nitrogen and oxygen atoms in total. The molecule has 2 aromatic heterocycles. The second kappa shape index (κ2) is 4.71. The van der Waals surface area contributed by atoms with E-state index in [1.54, 1.807) is 19.5 Å². The molecule has 0 aliphatic heterocycles. The molecule has 20 heavy (non-hydrogen) atoms. The third kappa shape index (κ3) is 1.81. The highest BCUT2D eigenvalue weighted by molar-refractivity contribution is 5.88. The van der Waals surface area contributed by atoms with Gasteiger partial charge < -0.3 is 9.30 Å². The first-order valence-electron chi connectivity index (χ1n) is 6.22. The first-order chi connectivity index (χ1) is 9.74. The Kier molecular flexibility index (Phi) is 2.88. The van der Waals surface area contributed by atoms with Crippen LogP contribution in [0.2, 0.25) is 0 Å². The zero-order chi connectivity index (χ0) is 14.1. The number of aromatic nitrogens is 2. The number of methoxy groups -OCH3 is 1. The number of aryl methyl sites for hydroxylation is 1. The van der Waals surface area contributed by atoms with Gasteiger partial charge in [-0.15, -0.1) is 0 Å². The van der Waals surface area contributed by atoms with Gasteiger partial charge in [-0.05, 0) is 30.3 Å². The lowest BCUT2D eigenvalue weighted by Gasteiger charge is -2.08. The summed E-state index contributed by atoms with van der Waals surface area (Å²) in [7, 11) is 3.64. The van der Waals surface area contributed by atoms with Crippen molar-refractivity contribution in [3.8, 4) is 23.1 Å². The lowest BCUT2D eigenvalue weighted by atomic mass is 10.1. The van der Waals surface area contributed by atoms with E-state index in [0.717, 1.165) is 27.9 Å². The van der Waals surface area contributed by atoms with Crippen LogP contribution in [-0.2, 0) is 7.05 Å². The minimum Gasteiger partial charge on any atom is -0.496 e. The highest BCUT2D eigenvalue weighted by Gasteiger charge is 2.12. The minimum atomic E-state index is 0.660. The Morgan fingerprint density at radius 2 is 2.10 bits per heavy atom. The van der Waals surface area contributed by atoms with Gasteiger partial charge in [-0.2, -0.15) is 5.26 Å². The fraction of sp³-hybridized carbons (Fsp3) is 0.125. The van der Waals surface area contributed by atoms with Gasteiger partial charge in [0.05, 0.1) is 30.0 Å². The summed E-state index contributed by atoms with van der Waals surface area (Å²) in [4.78, 5) is 4.17. The molecule has 3 aromatic rings. The summed E-state index contributed by atoms with van der Waals surface area (Å²) in [5.41, 5.74) is 3.69.